The van der Waals surface area contributed by atoms with Gasteiger partial charge in [0.25, 0.3) is 5.91 Å². The summed E-state index contributed by atoms with van der Waals surface area (Å²) >= 11 is 0.981. The SMILES string of the molecule is CC(C)=NN=C1SC(=C=O)C(=O)N1C. The number of amidine groups is 1. The summed E-state index contributed by atoms with van der Waals surface area (Å²) < 4.78 is 0. The van der Waals surface area contributed by atoms with E-state index < -0.39 is 0 Å². The number of rotatable bonds is 1. The van der Waals surface area contributed by atoms with E-state index in [9.17, 15) is 9.59 Å². The molecule has 0 aromatic rings. The molecule has 0 saturated carbocycles. The lowest BCUT2D eigenvalue weighted by molar-refractivity contribution is -0.121. The molecule has 0 unspecified atom stereocenters. The average molecular weight is 211 g/mol. The number of hydrogen-bond donors (Lipinski definition) is 0. The van der Waals surface area contributed by atoms with E-state index in [0.717, 1.165) is 17.5 Å². The second kappa shape index (κ2) is 4.21. The van der Waals surface area contributed by atoms with Crippen molar-refractivity contribution in [3.63, 3.8) is 0 Å². The van der Waals surface area contributed by atoms with E-state index in [1.807, 2.05) is 0 Å². The maximum absolute atomic E-state index is 11.3. The Morgan fingerprint density at radius 2 is 2.14 bits per heavy atom. The van der Waals surface area contributed by atoms with Gasteiger partial charge in [-0.15, -0.1) is 5.10 Å². The second-order valence-corrected chi connectivity index (χ2v) is 3.80. The third-order valence-corrected chi connectivity index (χ3v) is 2.41. The second-order valence-electron chi connectivity index (χ2n) is 2.83. The van der Waals surface area contributed by atoms with Gasteiger partial charge < -0.3 is 0 Å². The van der Waals surface area contributed by atoms with Gasteiger partial charge in [-0.25, -0.2) is 4.79 Å². The molecule has 1 aliphatic rings. The molecule has 1 rings (SSSR count). The first-order valence-corrected chi connectivity index (χ1v) is 4.67. The van der Waals surface area contributed by atoms with Crippen LogP contribution < -0.4 is 0 Å². The van der Waals surface area contributed by atoms with Crippen molar-refractivity contribution in [3.05, 3.63) is 4.91 Å². The number of carbonyl (C=O) groups excluding carboxylic acids is 2. The largest absolute Gasteiger partial charge is 0.287 e. The summed E-state index contributed by atoms with van der Waals surface area (Å²) in [6, 6.07) is 0. The molecule has 5 nitrogen and oxygen atoms in total. The molecule has 14 heavy (non-hydrogen) atoms. The van der Waals surface area contributed by atoms with Crippen molar-refractivity contribution in [2.45, 2.75) is 13.8 Å². The Labute approximate surface area is 85.6 Å². The number of likely N-dealkylation sites (N-methyl/N-ethyl adjacent to an activating group) is 1. The van der Waals surface area contributed by atoms with Crippen LogP contribution in [-0.2, 0) is 9.59 Å². The minimum atomic E-state index is -0.382. The highest BCUT2D eigenvalue weighted by molar-refractivity contribution is 8.18. The van der Waals surface area contributed by atoms with Gasteiger partial charge in [0.05, 0.1) is 0 Å². The molecule has 1 heterocycles. The fourth-order valence-corrected chi connectivity index (χ4v) is 1.49. The summed E-state index contributed by atoms with van der Waals surface area (Å²) in [5, 5.41) is 8.03. The van der Waals surface area contributed by atoms with E-state index in [4.69, 9.17) is 0 Å². The third kappa shape index (κ3) is 2.10. The number of carbonyl (C=O) groups is 1. The molecular weight excluding hydrogens is 202 g/mol. The first-order valence-electron chi connectivity index (χ1n) is 3.86. The fraction of sp³-hybridized carbons (Fsp3) is 0.375. The van der Waals surface area contributed by atoms with Crippen molar-refractivity contribution in [2.24, 2.45) is 10.2 Å². The van der Waals surface area contributed by atoms with Crippen LogP contribution in [0.2, 0.25) is 0 Å². The van der Waals surface area contributed by atoms with Crippen LogP contribution in [0.1, 0.15) is 13.8 Å². The van der Waals surface area contributed by atoms with Crippen LogP contribution in [0.4, 0.5) is 0 Å². The Morgan fingerprint density at radius 1 is 1.50 bits per heavy atom. The van der Waals surface area contributed by atoms with Gasteiger partial charge in [-0.3, -0.25) is 9.69 Å². The number of nitrogens with zero attached hydrogens (tertiary/aromatic N) is 3. The van der Waals surface area contributed by atoms with Gasteiger partial charge in [-0.05, 0) is 25.6 Å². The van der Waals surface area contributed by atoms with Crippen LogP contribution in [0.5, 0.6) is 0 Å². The van der Waals surface area contributed by atoms with Crippen molar-refractivity contribution in [1.29, 1.82) is 0 Å². The van der Waals surface area contributed by atoms with Crippen LogP contribution >= 0.6 is 11.8 Å². The van der Waals surface area contributed by atoms with Crippen LogP contribution in [0.15, 0.2) is 15.1 Å². The van der Waals surface area contributed by atoms with E-state index in [0.29, 0.717) is 5.17 Å². The van der Waals surface area contributed by atoms with Crippen molar-refractivity contribution in [2.75, 3.05) is 7.05 Å². The first kappa shape index (κ1) is 10.7. The van der Waals surface area contributed by atoms with E-state index >= 15 is 0 Å². The molecule has 0 aromatic heterocycles. The lowest BCUT2D eigenvalue weighted by Gasteiger charge is -2.04. The minimum absolute atomic E-state index is 0.0233. The molecule has 1 fully saturated rings. The Bertz CT molecular complexity index is 376. The predicted molar refractivity (Wildman–Crippen MR) is 55.8 cm³/mol. The van der Waals surface area contributed by atoms with Gasteiger partial charge in [-0.2, -0.15) is 5.10 Å². The van der Waals surface area contributed by atoms with Crippen LogP contribution in [0, 0.1) is 0 Å². The molecule has 0 spiro atoms. The monoisotopic (exact) mass is 211 g/mol. The van der Waals surface area contributed by atoms with E-state index in [-0.39, 0.29) is 10.8 Å². The molecule has 0 radical (unpaired) electrons. The zero-order chi connectivity index (χ0) is 10.7. The smallest absolute Gasteiger partial charge is 0.277 e. The predicted octanol–water partition coefficient (Wildman–Crippen LogP) is 0.659. The van der Waals surface area contributed by atoms with Gasteiger partial charge in [0, 0.05) is 12.8 Å². The summed E-state index contributed by atoms with van der Waals surface area (Å²) in [4.78, 5) is 22.9. The minimum Gasteiger partial charge on any atom is -0.287 e. The van der Waals surface area contributed by atoms with Gasteiger partial charge in [0.1, 0.15) is 5.94 Å². The van der Waals surface area contributed by atoms with Crippen LogP contribution in [-0.4, -0.2) is 34.7 Å². The highest BCUT2D eigenvalue weighted by atomic mass is 32.2. The topological polar surface area (TPSA) is 62.1 Å². The van der Waals surface area contributed by atoms with E-state index in [2.05, 4.69) is 10.2 Å². The molecule has 0 N–H and O–H groups in total. The summed E-state index contributed by atoms with van der Waals surface area (Å²) in [5.41, 5.74) is 0.780. The molecule has 0 atom stereocenters. The Hall–Kier alpha value is -1.39. The molecule has 0 bridgehead atoms. The molecule has 0 aliphatic carbocycles. The Balaban J connectivity index is 2.96. The number of hydrogen-bond acceptors (Lipinski definition) is 5. The molecule has 1 amide bonds. The molecule has 0 aromatic carbocycles. The van der Waals surface area contributed by atoms with Crippen LogP contribution in [0.3, 0.4) is 0 Å². The van der Waals surface area contributed by atoms with Gasteiger partial charge >= 0.3 is 0 Å². The van der Waals surface area contributed by atoms with Gasteiger partial charge in [-0.1, -0.05) is 0 Å². The highest BCUT2D eigenvalue weighted by Crippen LogP contribution is 2.27. The molecular formula is C8H9N3O2S. The fourth-order valence-electron chi connectivity index (χ4n) is 0.737. The Morgan fingerprint density at radius 3 is 2.57 bits per heavy atom. The first-order chi connectivity index (χ1) is 6.56. The van der Waals surface area contributed by atoms with Crippen molar-refractivity contribution in [3.8, 4) is 0 Å². The third-order valence-electron chi connectivity index (χ3n) is 1.41. The zero-order valence-corrected chi connectivity index (χ0v) is 8.88. The lowest BCUT2D eigenvalue weighted by atomic mass is 10.5. The summed E-state index contributed by atoms with van der Waals surface area (Å²) in [6.45, 7) is 3.59. The van der Waals surface area contributed by atoms with Gasteiger partial charge in [0.15, 0.2) is 10.1 Å². The molecule has 6 heteroatoms. The van der Waals surface area contributed by atoms with Gasteiger partial charge in [0.2, 0.25) is 0 Å². The zero-order valence-electron chi connectivity index (χ0n) is 8.07. The molecule has 1 aliphatic heterocycles. The summed E-state index contributed by atoms with van der Waals surface area (Å²) in [7, 11) is 1.54. The number of amides is 1. The maximum atomic E-state index is 11.3. The summed E-state index contributed by atoms with van der Waals surface area (Å²) in [5.74, 6) is 1.19. The highest BCUT2D eigenvalue weighted by Gasteiger charge is 2.31. The van der Waals surface area contributed by atoms with E-state index in [1.165, 1.54) is 4.90 Å². The normalized spacial score (nSPS) is 18.8. The standard InChI is InChI=1S/C8H9N3O2S/c1-5(2)9-10-8-11(3)7(13)6(4-12)14-8/h1-3H3. The number of thioether (sulfide) groups is 1. The van der Waals surface area contributed by atoms with Crippen molar-refractivity contribution >= 4 is 34.5 Å². The van der Waals surface area contributed by atoms with Crippen molar-refractivity contribution in [1.82, 2.24) is 4.90 Å². The average Bonchev–Trinajstić information content (AvgIpc) is 2.41. The maximum Gasteiger partial charge on any atom is 0.277 e. The Kier molecular flexibility index (Phi) is 3.22. The quantitative estimate of drug-likeness (QED) is 0.277. The van der Waals surface area contributed by atoms with E-state index in [1.54, 1.807) is 26.8 Å². The lowest BCUT2D eigenvalue weighted by Crippen LogP contribution is -2.23. The summed E-state index contributed by atoms with van der Waals surface area (Å²) in [6.07, 6.45) is 0. The van der Waals surface area contributed by atoms with Crippen LogP contribution in [0.25, 0.3) is 0 Å². The van der Waals surface area contributed by atoms with Crippen molar-refractivity contribution < 1.29 is 9.59 Å². The molecule has 74 valence electrons. The molecule has 1 saturated heterocycles.